The van der Waals surface area contributed by atoms with Crippen molar-refractivity contribution in [2.24, 2.45) is 5.92 Å². The Labute approximate surface area is 146 Å². The zero-order valence-electron chi connectivity index (χ0n) is 13.0. The minimum atomic E-state index is -2.58. The SMILES string of the molecule is Cc1cc(CN2CCC(F)(F)[C@H](C)C2)cc2c(=O)c(I)coc12. The van der Waals surface area contributed by atoms with Crippen LogP contribution in [-0.4, -0.2) is 23.9 Å². The van der Waals surface area contributed by atoms with E-state index in [1.54, 1.807) is 6.92 Å². The number of piperidine rings is 1. The predicted molar refractivity (Wildman–Crippen MR) is 93.9 cm³/mol. The Kier molecular flexibility index (Phi) is 4.48. The highest BCUT2D eigenvalue weighted by Crippen LogP contribution is 2.33. The van der Waals surface area contributed by atoms with Gasteiger partial charge in [0.25, 0.3) is 5.92 Å². The van der Waals surface area contributed by atoms with E-state index in [-0.39, 0.29) is 11.8 Å². The molecule has 0 saturated carbocycles. The molecule has 0 aliphatic carbocycles. The molecular weight excluding hydrogens is 415 g/mol. The van der Waals surface area contributed by atoms with Gasteiger partial charge in [-0.3, -0.25) is 9.69 Å². The lowest BCUT2D eigenvalue weighted by molar-refractivity contribution is -0.100. The van der Waals surface area contributed by atoms with E-state index >= 15 is 0 Å². The Morgan fingerprint density at radius 3 is 2.87 bits per heavy atom. The number of hydrogen-bond donors (Lipinski definition) is 0. The zero-order valence-corrected chi connectivity index (χ0v) is 15.2. The van der Waals surface area contributed by atoms with Crippen LogP contribution in [0.25, 0.3) is 11.0 Å². The molecule has 0 amide bonds. The fourth-order valence-electron chi connectivity index (χ4n) is 3.13. The maximum Gasteiger partial charge on any atom is 0.253 e. The number of fused-ring (bicyclic) bond motifs is 1. The Hall–Kier alpha value is -1.02. The van der Waals surface area contributed by atoms with Crippen LogP contribution in [0.2, 0.25) is 0 Å². The Bertz CT molecular complexity index is 803. The van der Waals surface area contributed by atoms with Crippen molar-refractivity contribution in [1.29, 1.82) is 0 Å². The molecule has 1 aromatic carbocycles. The van der Waals surface area contributed by atoms with E-state index in [2.05, 4.69) is 0 Å². The van der Waals surface area contributed by atoms with Crippen LogP contribution in [0.3, 0.4) is 0 Å². The summed E-state index contributed by atoms with van der Waals surface area (Å²) in [5.41, 5.74) is 2.40. The normalized spacial score (nSPS) is 21.7. The van der Waals surface area contributed by atoms with Crippen molar-refractivity contribution in [2.45, 2.75) is 32.7 Å². The van der Waals surface area contributed by atoms with Gasteiger partial charge in [-0.25, -0.2) is 8.78 Å². The Balaban J connectivity index is 1.90. The number of nitrogens with zero attached hydrogens (tertiary/aromatic N) is 1. The molecule has 6 heteroatoms. The summed E-state index contributed by atoms with van der Waals surface area (Å²) in [6.07, 6.45) is 1.35. The van der Waals surface area contributed by atoms with Gasteiger partial charge >= 0.3 is 0 Å². The maximum absolute atomic E-state index is 13.6. The first kappa shape index (κ1) is 16.8. The molecule has 23 heavy (non-hydrogen) atoms. The minimum Gasteiger partial charge on any atom is -0.463 e. The molecule has 1 saturated heterocycles. The summed E-state index contributed by atoms with van der Waals surface area (Å²) in [7, 11) is 0. The average molecular weight is 433 g/mol. The molecule has 1 aromatic heterocycles. The molecule has 2 heterocycles. The van der Waals surface area contributed by atoms with Gasteiger partial charge < -0.3 is 4.42 Å². The molecule has 0 radical (unpaired) electrons. The fourth-order valence-corrected chi connectivity index (χ4v) is 3.54. The fraction of sp³-hybridized carbons (Fsp3) is 0.471. The molecule has 1 aliphatic heterocycles. The van der Waals surface area contributed by atoms with Crippen molar-refractivity contribution in [2.75, 3.05) is 13.1 Å². The third-order valence-electron chi connectivity index (χ3n) is 4.50. The average Bonchev–Trinajstić information content (AvgIpc) is 2.48. The van der Waals surface area contributed by atoms with E-state index in [1.165, 1.54) is 6.26 Å². The van der Waals surface area contributed by atoms with Crippen molar-refractivity contribution in [3.8, 4) is 0 Å². The van der Waals surface area contributed by atoms with Crippen LogP contribution >= 0.6 is 22.6 Å². The largest absolute Gasteiger partial charge is 0.463 e. The number of rotatable bonds is 2. The molecule has 3 rings (SSSR count). The number of benzene rings is 1. The molecular formula is C17H18F2INO2. The minimum absolute atomic E-state index is 0.0460. The second-order valence-corrected chi connectivity index (χ2v) is 7.51. The summed E-state index contributed by atoms with van der Waals surface area (Å²) in [6.45, 7) is 4.80. The van der Waals surface area contributed by atoms with Crippen molar-refractivity contribution >= 4 is 33.6 Å². The lowest BCUT2D eigenvalue weighted by Gasteiger charge is -2.36. The summed E-state index contributed by atoms with van der Waals surface area (Å²) in [5, 5.41) is 0.558. The standard InChI is InChI=1S/C17H18F2INO2/c1-10-5-12(6-13-15(22)14(20)9-23-16(10)13)8-21-4-3-17(18,19)11(2)7-21/h5-6,9,11H,3-4,7-8H2,1-2H3/t11-/m1/s1. The molecule has 0 spiro atoms. The van der Waals surface area contributed by atoms with E-state index in [1.807, 2.05) is 46.5 Å². The highest BCUT2D eigenvalue weighted by atomic mass is 127. The molecule has 1 atom stereocenters. The topological polar surface area (TPSA) is 33.5 Å². The van der Waals surface area contributed by atoms with Gasteiger partial charge in [0.05, 0.1) is 8.96 Å². The van der Waals surface area contributed by atoms with E-state index in [0.717, 1.165) is 11.1 Å². The van der Waals surface area contributed by atoms with Crippen molar-refractivity contribution in [3.05, 3.63) is 43.3 Å². The number of aryl methyl sites for hydroxylation is 1. The van der Waals surface area contributed by atoms with Gasteiger partial charge in [-0.1, -0.05) is 13.0 Å². The molecule has 3 nitrogen and oxygen atoms in total. The number of hydrogen-bond acceptors (Lipinski definition) is 3. The second kappa shape index (κ2) is 6.12. The van der Waals surface area contributed by atoms with Gasteiger partial charge in [-0.05, 0) is 46.7 Å². The van der Waals surface area contributed by atoms with Crippen LogP contribution in [0.5, 0.6) is 0 Å². The molecule has 124 valence electrons. The third kappa shape index (κ3) is 3.28. The lowest BCUT2D eigenvalue weighted by atomic mass is 9.95. The molecule has 0 unspecified atom stereocenters. The second-order valence-electron chi connectivity index (χ2n) is 6.35. The molecule has 1 aliphatic rings. The van der Waals surface area contributed by atoms with Crippen LogP contribution in [-0.2, 0) is 6.54 Å². The Morgan fingerprint density at radius 2 is 2.17 bits per heavy atom. The summed E-state index contributed by atoms with van der Waals surface area (Å²) in [4.78, 5) is 14.3. The Morgan fingerprint density at radius 1 is 1.43 bits per heavy atom. The first-order chi connectivity index (χ1) is 10.8. The summed E-state index contributed by atoms with van der Waals surface area (Å²) in [6, 6.07) is 3.79. The monoisotopic (exact) mass is 433 g/mol. The molecule has 0 N–H and O–H groups in total. The van der Waals surface area contributed by atoms with E-state index in [0.29, 0.717) is 34.2 Å². The van der Waals surface area contributed by atoms with Crippen LogP contribution in [0.1, 0.15) is 24.5 Å². The quantitative estimate of drug-likeness (QED) is 0.667. The van der Waals surface area contributed by atoms with E-state index in [9.17, 15) is 13.6 Å². The van der Waals surface area contributed by atoms with Gasteiger partial charge in [0.1, 0.15) is 11.8 Å². The summed E-state index contributed by atoms with van der Waals surface area (Å²) >= 11 is 1.96. The highest BCUT2D eigenvalue weighted by Gasteiger charge is 2.40. The van der Waals surface area contributed by atoms with Crippen LogP contribution in [0, 0.1) is 16.4 Å². The first-order valence-corrected chi connectivity index (χ1v) is 8.66. The van der Waals surface area contributed by atoms with Gasteiger partial charge in [0, 0.05) is 32.0 Å². The van der Waals surface area contributed by atoms with E-state index < -0.39 is 11.8 Å². The molecule has 1 fully saturated rings. The lowest BCUT2D eigenvalue weighted by Crippen LogP contribution is -2.45. The number of halogens is 3. The van der Waals surface area contributed by atoms with Gasteiger partial charge in [-0.2, -0.15) is 0 Å². The molecule has 0 bridgehead atoms. The maximum atomic E-state index is 13.6. The van der Waals surface area contributed by atoms with Gasteiger partial charge in [-0.15, -0.1) is 0 Å². The van der Waals surface area contributed by atoms with Gasteiger partial charge in [0.2, 0.25) is 5.43 Å². The number of likely N-dealkylation sites (tertiary alicyclic amines) is 1. The van der Waals surface area contributed by atoms with Crippen LogP contribution in [0.4, 0.5) is 8.78 Å². The highest BCUT2D eigenvalue weighted by molar-refractivity contribution is 14.1. The van der Waals surface area contributed by atoms with Crippen molar-refractivity contribution < 1.29 is 13.2 Å². The zero-order chi connectivity index (χ0) is 16.8. The smallest absolute Gasteiger partial charge is 0.253 e. The first-order valence-electron chi connectivity index (χ1n) is 7.58. The van der Waals surface area contributed by atoms with Crippen LogP contribution in [0.15, 0.2) is 27.6 Å². The third-order valence-corrected chi connectivity index (χ3v) is 5.24. The van der Waals surface area contributed by atoms with Gasteiger partial charge in [0.15, 0.2) is 0 Å². The summed E-state index contributed by atoms with van der Waals surface area (Å²) < 4.78 is 33.3. The summed E-state index contributed by atoms with van der Waals surface area (Å²) in [5.74, 6) is -3.23. The molecule has 2 aromatic rings. The van der Waals surface area contributed by atoms with Crippen LogP contribution < -0.4 is 5.43 Å². The van der Waals surface area contributed by atoms with Crippen molar-refractivity contribution in [1.82, 2.24) is 4.90 Å². The predicted octanol–water partition coefficient (Wildman–Crippen LogP) is 4.18. The number of alkyl halides is 2. The van der Waals surface area contributed by atoms with E-state index in [4.69, 9.17) is 4.42 Å². The van der Waals surface area contributed by atoms with Crippen molar-refractivity contribution in [3.63, 3.8) is 0 Å².